The monoisotopic (exact) mass is 274 g/mol. The summed E-state index contributed by atoms with van der Waals surface area (Å²) in [5.41, 5.74) is 8.91. The van der Waals surface area contributed by atoms with Crippen molar-refractivity contribution in [2.75, 3.05) is 12.8 Å². The highest BCUT2D eigenvalue weighted by Crippen LogP contribution is 2.24. The number of nitrogens with zero attached hydrogens (tertiary/aromatic N) is 1. The van der Waals surface area contributed by atoms with Gasteiger partial charge in [0.2, 0.25) is 0 Å². The minimum Gasteiger partial charge on any atom is -0.399 e. The van der Waals surface area contributed by atoms with Crippen LogP contribution in [0.5, 0.6) is 0 Å². The van der Waals surface area contributed by atoms with Crippen LogP contribution in [0.4, 0.5) is 5.69 Å². The summed E-state index contributed by atoms with van der Waals surface area (Å²) in [6.45, 7) is 3.01. The minimum atomic E-state index is 0.317. The van der Waals surface area contributed by atoms with Crippen molar-refractivity contribution in [1.82, 2.24) is 4.90 Å². The SMILES string of the molecule is CC(c1ccc(N)cc1)N(C)Cc1ccccc1Cl. The van der Waals surface area contributed by atoms with Crippen LogP contribution < -0.4 is 5.73 Å². The smallest absolute Gasteiger partial charge is 0.0451 e. The highest BCUT2D eigenvalue weighted by molar-refractivity contribution is 6.31. The molecular formula is C16H19ClN2. The van der Waals surface area contributed by atoms with Crippen LogP contribution in [-0.2, 0) is 6.54 Å². The highest BCUT2D eigenvalue weighted by atomic mass is 35.5. The molecule has 1 unspecified atom stereocenters. The Hall–Kier alpha value is -1.51. The first-order valence-corrected chi connectivity index (χ1v) is 6.75. The number of nitrogens with two attached hydrogens (primary N) is 1. The molecule has 2 rings (SSSR count). The molecule has 0 heterocycles. The largest absolute Gasteiger partial charge is 0.399 e. The van der Waals surface area contributed by atoms with Crippen LogP contribution in [0.1, 0.15) is 24.1 Å². The molecule has 0 aliphatic carbocycles. The van der Waals surface area contributed by atoms with E-state index in [1.54, 1.807) is 0 Å². The number of rotatable bonds is 4. The summed E-state index contributed by atoms with van der Waals surface area (Å²) in [6.07, 6.45) is 0. The molecule has 0 radical (unpaired) electrons. The molecule has 1 atom stereocenters. The number of halogens is 1. The molecule has 0 spiro atoms. The zero-order valence-corrected chi connectivity index (χ0v) is 12.1. The van der Waals surface area contributed by atoms with Crippen LogP contribution in [0.15, 0.2) is 48.5 Å². The molecule has 0 bridgehead atoms. The van der Waals surface area contributed by atoms with Gasteiger partial charge in [-0.15, -0.1) is 0 Å². The van der Waals surface area contributed by atoms with Crippen LogP contribution >= 0.6 is 11.6 Å². The van der Waals surface area contributed by atoms with E-state index in [2.05, 4.69) is 37.1 Å². The molecule has 2 aromatic rings. The minimum absolute atomic E-state index is 0.317. The maximum atomic E-state index is 6.20. The van der Waals surface area contributed by atoms with Crippen molar-refractivity contribution in [3.05, 3.63) is 64.7 Å². The Bertz CT molecular complexity index is 537. The zero-order valence-electron chi connectivity index (χ0n) is 11.3. The van der Waals surface area contributed by atoms with Crippen molar-refractivity contribution < 1.29 is 0 Å². The lowest BCUT2D eigenvalue weighted by Gasteiger charge is -2.25. The Morgan fingerprint density at radius 1 is 1.11 bits per heavy atom. The third-order valence-corrected chi connectivity index (χ3v) is 3.83. The van der Waals surface area contributed by atoms with Crippen LogP contribution in [0.3, 0.4) is 0 Å². The molecular weight excluding hydrogens is 256 g/mol. The normalized spacial score (nSPS) is 12.6. The van der Waals surface area contributed by atoms with E-state index in [1.165, 1.54) is 5.56 Å². The van der Waals surface area contributed by atoms with E-state index in [4.69, 9.17) is 17.3 Å². The lowest BCUT2D eigenvalue weighted by Crippen LogP contribution is -2.22. The predicted octanol–water partition coefficient (Wildman–Crippen LogP) is 4.12. The predicted molar refractivity (Wildman–Crippen MR) is 82.2 cm³/mol. The number of nitrogen functional groups attached to an aromatic ring is 1. The standard InChI is InChI=1S/C16H19ClN2/c1-12(13-7-9-15(18)10-8-13)19(2)11-14-5-3-4-6-16(14)17/h3-10,12H,11,18H2,1-2H3. The summed E-state index contributed by atoms with van der Waals surface area (Å²) in [6, 6.07) is 16.3. The van der Waals surface area contributed by atoms with Crippen LogP contribution in [0.25, 0.3) is 0 Å². The molecule has 3 heteroatoms. The number of benzene rings is 2. The van der Waals surface area contributed by atoms with Gasteiger partial charge in [-0.1, -0.05) is 41.9 Å². The molecule has 0 saturated carbocycles. The van der Waals surface area contributed by atoms with Gasteiger partial charge in [0.05, 0.1) is 0 Å². The van der Waals surface area contributed by atoms with Crippen molar-refractivity contribution in [3.63, 3.8) is 0 Å². The van der Waals surface area contributed by atoms with Gasteiger partial charge in [0.15, 0.2) is 0 Å². The lowest BCUT2D eigenvalue weighted by molar-refractivity contribution is 0.253. The molecule has 0 aromatic heterocycles. The molecule has 2 N–H and O–H groups in total. The summed E-state index contributed by atoms with van der Waals surface area (Å²) in [7, 11) is 2.10. The first-order valence-electron chi connectivity index (χ1n) is 6.37. The fraction of sp³-hybridized carbons (Fsp3) is 0.250. The maximum Gasteiger partial charge on any atom is 0.0451 e. The number of hydrogen-bond acceptors (Lipinski definition) is 2. The second-order valence-corrected chi connectivity index (χ2v) is 5.26. The molecule has 0 saturated heterocycles. The zero-order chi connectivity index (χ0) is 13.8. The van der Waals surface area contributed by atoms with Crippen LogP contribution in [0, 0.1) is 0 Å². The van der Waals surface area contributed by atoms with Gasteiger partial charge in [-0.3, -0.25) is 4.90 Å². The van der Waals surface area contributed by atoms with E-state index in [1.807, 2.05) is 30.3 Å². The third-order valence-electron chi connectivity index (χ3n) is 3.46. The number of anilines is 1. The van der Waals surface area contributed by atoms with Gasteiger partial charge in [0, 0.05) is 23.3 Å². The van der Waals surface area contributed by atoms with Crippen molar-refractivity contribution in [2.45, 2.75) is 19.5 Å². The molecule has 0 fully saturated rings. The van der Waals surface area contributed by atoms with Gasteiger partial charge in [-0.05, 0) is 43.3 Å². The van der Waals surface area contributed by atoms with Gasteiger partial charge in [0.25, 0.3) is 0 Å². The van der Waals surface area contributed by atoms with Crippen molar-refractivity contribution >= 4 is 17.3 Å². The second-order valence-electron chi connectivity index (χ2n) is 4.85. The number of hydrogen-bond donors (Lipinski definition) is 1. The summed E-state index contributed by atoms with van der Waals surface area (Å²) in [5.74, 6) is 0. The Morgan fingerprint density at radius 2 is 1.74 bits per heavy atom. The first kappa shape index (κ1) is 13.9. The molecule has 0 amide bonds. The molecule has 0 aliphatic rings. The van der Waals surface area contributed by atoms with Crippen LogP contribution in [0.2, 0.25) is 5.02 Å². The van der Waals surface area contributed by atoms with E-state index in [-0.39, 0.29) is 0 Å². The van der Waals surface area contributed by atoms with Gasteiger partial charge in [-0.25, -0.2) is 0 Å². The van der Waals surface area contributed by atoms with Crippen molar-refractivity contribution in [2.24, 2.45) is 0 Å². The Kier molecular flexibility index (Phi) is 4.46. The summed E-state index contributed by atoms with van der Waals surface area (Å²) in [4.78, 5) is 2.27. The van der Waals surface area contributed by atoms with E-state index < -0.39 is 0 Å². The molecule has 100 valence electrons. The third kappa shape index (κ3) is 3.49. The van der Waals surface area contributed by atoms with E-state index in [9.17, 15) is 0 Å². The fourth-order valence-corrected chi connectivity index (χ4v) is 2.26. The molecule has 19 heavy (non-hydrogen) atoms. The van der Waals surface area contributed by atoms with Gasteiger partial charge in [0.1, 0.15) is 0 Å². The fourth-order valence-electron chi connectivity index (χ4n) is 2.06. The van der Waals surface area contributed by atoms with E-state index in [0.717, 1.165) is 22.8 Å². The van der Waals surface area contributed by atoms with Gasteiger partial charge < -0.3 is 5.73 Å². The Morgan fingerprint density at radius 3 is 2.37 bits per heavy atom. The molecule has 2 nitrogen and oxygen atoms in total. The average Bonchev–Trinajstić information content (AvgIpc) is 2.41. The Balaban J connectivity index is 2.09. The lowest BCUT2D eigenvalue weighted by atomic mass is 10.1. The van der Waals surface area contributed by atoms with Gasteiger partial charge >= 0.3 is 0 Å². The van der Waals surface area contributed by atoms with Gasteiger partial charge in [-0.2, -0.15) is 0 Å². The summed E-state index contributed by atoms with van der Waals surface area (Å²) < 4.78 is 0. The summed E-state index contributed by atoms with van der Waals surface area (Å²) >= 11 is 6.20. The topological polar surface area (TPSA) is 29.3 Å². The van der Waals surface area contributed by atoms with Crippen molar-refractivity contribution in [1.29, 1.82) is 0 Å². The molecule has 0 aliphatic heterocycles. The maximum absolute atomic E-state index is 6.20. The van der Waals surface area contributed by atoms with Crippen LogP contribution in [-0.4, -0.2) is 11.9 Å². The van der Waals surface area contributed by atoms with Crippen molar-refractivity contribution in [3.8, 4) is 0 Å². The first-order chi connectivity index (χ1) is 9.08. The second kappa shape index (κ2) is 6.09. The average molecular weight is 275 g/mol. The Labute approximate surface area is 119 Å². The quantitative estimate of drug-likeness (QED) is 0.850. The highest BCUT2D eigenvalue weighted by Gasteiger charge is 2.12. The van der Waals surface area contributed by atoms with E-state index in [0.29, 0.717) is 6.04 Å². The molecule has 2 aromatic carbocycles. The van der Waals surface area contributed by atoms with E-state index >= 15 is 0 Å². The summed E-state index contributed by atoms with van der Waals surface area (Å²) in [5, 5.41) is 0.818.